The third-order valence-electron chi connectivity index (χ3n) is 11.5. The lowest BCUT2D eigenvalue weighted by Gasteiger charge is -2.36. The molecule has 0 heterocycles. The first-order chi connectivity index (χ1) is 21.3. The maximum Gasteiger partial charge on any atom is 0.0861 e. The van der Waals surface area contributed by atoms with Crippen molar-refractivity contribution in [2.75, 3.05) is 0 Å². The van der Waals surface area contributed by atoms with E-state index in [4.69, 9.17) is 19.2 Å². The summed E-state index contributed by atoms with van der Waals surface area (Å²) in [7, 11) is -5.39. The molecule has 7 nitrogen and oxygen atoms in total. The molecule has 0 aromatic heterocycles. The highest BCUT2D eigenvalue weighted by Crippen LogP contribution is 2.20. The number of rotatable bonds is 6. The first-order valence-electron chi connectivity index (χ1n) is 19.6. The quantitative estimate of drug-likeness (QED) is 0.380. The van der Waals surface area contributed by atoms with Crippen LogP contribution in [0.5, 0.6) is 0 Å². The fourth-order valence-corrected chi connectivity index (χ4v) is 9.11. The molecule has 0 saturated heterocycles. The normalized spacial score (nSPS) is 25.9. The fourth-order valence-electron chi connectivity index (χ4n) is 9.11. The lowest BCUT2D eigenvalue weighted by atomic mass is 9.91. The Balaban J connectivity index is 0.000000168. The molecular weight excluding hydrogens is 569 g/mol. The van der Waals surface area contributed by atoms with Crippen molar-refractivity contribution in [3.8, 4) is 0 Å². The average molecular weight is 642 g/mol. The predicted octanol–water partition coefficient (Wildman–Crippen LogP) is 3.82. The third-order valence-corrected chi connectivity index (χ3v) is 11.5. The molecule has 44 heavy (non-hydrogen) atoms. The Labute approximate surface area is 271 Å². The van der Waals surface area contributed by atoms with Gasteiger partial charge in [0.05, 0.1) is 36.3 Å². The van der Waals surface area contributed by atoms with E-state index in [1.807, 2.05) is 0 Å². The highest BCUT2D eigenvalue weighted by atomic mass is 31.2. The maximum atomic E-state index is 8.55. The van der Waals surface area contributed by atoms with E-state index < -0.39 is 7.82 Å². The molecule has 6 fully saturated rings. The van der Waals surface area contributed by atoms with E-state index >= 15 is 0 Å². The van der Waals surface area contributed by atoms with Crippen molar-refractivity contribution in [3.05, 3.63) is 0 Å². The van der Waals surface area contributed by atoms with Gasteiger partial charge in [-0.25, -0.2) is 0 Å². The summed E-state index contributed by atoms with van der Waals surface area (Å²) in [6, 6.07) is 5.98. The number of hydrogen-bond donors (Lipinski definition) is 3. The van der Waals surface area contributed by atoms with Gasteiger partial charge in [-0.1, -0.05) is 38.5 Å². The molecule has 6 aliphatic rings. The summed E-state index contributed by atoms with van der Waals surface area (Å²) in [5, 5.41) is 8.16. The molecule has 260 valence electrons. The van der Waals surface area contributed by atoms with Crippen LogP contribution in [0.1, 0.15) is 193 Å². The van der Waals surface area contributed by atoms with Crippen LogP contribution in [-0.4, -0.2) is 36.3 Å². The molecule has 0 aromatic carbocycles. The monoisotopic (exact) mass is 642 g/mol. The van der Waals surface area contributed by atoms with E-state index in [1.54, 1.807) is 0 Å². The number of nitrogens with two attached hydrogens (primary N) is 3. The first-order valence-corrected chi connectivity index (χ1v) is 21.1. The van der Waals surface area contributed by atoms with E-state index in [0.717, 1.165) is 36.3 Å². The van der Waals surface area contributed by atoms with Crippen LogP contribution in [0.25, 0.3) is 0 Å². The van der Waals surface area contributed by atoms with Gasteiger partial charge >= 0.3 is 0 Å². The molecule has 0 amide bonds. The van der Waals surface area contributed by atoms with Gasteiger partial charge in [-0.05, 0) is 154 Å². The summed E-state index contributed by atoms with van der Waals surface area (Å²) < 4.78 is 8.55. The van der Waals surface area contributed by atoms with Crippen molar-refractivity contribution in [1.29, 1.82) is 0 Å². The van der Waals surface area contributed by atoms with Crippen LogP contribution in [0, 0.1) is 0 Å². The second-order valence-electron chi connectivity index (χ2n) is 15.4. The molecule has 6 aliphatic carbocycles. The Bertz CT molecular complexity index is 580. The topological polar surface area (TPSA) is 136 Å². The molecule has 8 heteroatoms. The third kappa shape index (κ3) is 19.6. The van der Waals surface area contributed by atoms with Gasteiger partial charge in [0.1, 0.15) is 0 Å². The summed E-state index contributed by atoms with van der Waals surface area (Å²) >= 11 is 0. The number of quaternary nitrogens is 3. The molecule has 0 spiro atoms. The van der Waals surface area contributed by atoms with Gasteiger partial charge in [-0.3, -0.25) is 0 Å². The smallest absolute Gasteiger partial charge is 0.0861 e. The summed E-state index contributed by atoms with van der Waals surface area (Å²) in [6.07, 6.45) is 44.9. The highest BCUT2D eigenvalue weighted by molar-refractivity contribution is 7.40. The summed E-state index contributed by atoms with van der Waals surface area (Å²) in [4.78, 5) is 25.6. The molecular formula is C36H72N3O4P. The minimum absolute atomic E-state index is 0.997. The highest BCUT2D eigenvalue weighted by Gasteiger charge is 2.25. The van der Waals surface area contributed by atoms with Crippen LogP contribution < -0.4 is 30.6 Å². The minimum Gasteiger partial charge on any atom is -0.822 e. The minimum atomic E-state index is -5.39. The Hall–Kier alpha value is -0.0100. The van der Waals surface area contributed by atoms with Gasteiger partial charge in [0.25, 0.3) is 0 Å². The molecule has 0 bridgehead atoms. The van der Waals surface area contributed by atoms with E-state index in [9.17, 15) is 0 Å². The lowest BCUT2D eigenvalue weighted by Crippen LogP contribution is -2.95. The summed E-state index contributed by atoms with van der Waals surface area (Å²) in [6.45, 7) is 0. The Morgan fingerprint density at radius 3 is 0.523 bits per heavy atom. The standard InChI is InChI=1S/3C12H23N.H3O4P/c3*1-3-7-11(8-4-1)13-12-9-5-2-6-10-12;1-5(2,3)4/h3*11-13H,1-10H2;(H3,1,2,3,4). The second kappa shape index (κ2) is 23.3. The zero-order valence-corrected chi connectivity index (χ0v) is 29.4. The summed E-state index contributed by atoms with van der Waals surface area (Å²) in [5.74, 6) is 0. The summed E-state index contributed by atoms with van der Waals surface area (Å²) in [5.41, 5.74) is 0. The molecule has 6 N–H and O–H groups in total. The Morgan fingerprint density at radius 2 is 0.409 bits per heavy atom. The van der Waals surface area contributed by atoms with Crippen LogP contribution >= 0.6 is 7.82 Å². The van der Waals surface area contributed by atoms with Crippen molar-refractivity contribution in [1.82, 2.24) is 0 Å². The second-order valence-corrected chi connectivity index (χ2v) is 16.3. The Morgan fingerprint density at radius 1 is 0.295 bits per heavy atom. The SMILES string of the molecule is C1CCC([NH2+]C2CCCCC2)CC1.C1CCC([NH2+]C2CCCCC2)CC1.C1CCC([NH2+]C2CCCCC2)CC1.O=P([O-])([O-])[O-]. The molecule has 0 radical (unpaired) electrons. The molecule has 6 saturated carbocycles. The van der Waals surface area contributed by atoms with Crippen molar-refractivity contribution in [3.63, 3.8) is 0 Å². The van der Waals surface area contributed by atoms with E-state index in [2.05, 4.69) is 16.0 Å². The zero-order valence-electron chi connectivity index (χ0n) is 28.5. The van der Waals surface area contributed by atoms with Gasteiger partial charge in [-0.15, -0.1) is 0 Å². The molecule has 0 aromatic rings. The molecule has 0 atom stereocenters. The largest absolute Gasteiger partial charge is 0.822 e. The van der Waals surface area contributed by atoms with Crippen molar-refractivity contribution in [2.45, 2.75) is 229 Å². The lowest BCUT2D eigenvalue weighted by molar-refractivity contribution is -0.726. The van der Waals surface area contributed by atoms with Crippen LogP contribution in [-0.2, 0) is 4.57 Å². The average Bonchev–Trinajstić information content (AvgIpc) is 3.04. The van der Waals surface area contributed by atoms with E-state index in [0.29, 0.717) is 0 Å². The Kier molecular flexibility index (Phi) is 20.4. The van der Waals surface area contributed by atoms with E-state index in [-0.39, 0.29) is 0 Å². The van der Waals surface area contributed by atoms with Crippen molar-refractivity contribution < 1.29 is 35.2 Å². The van der Waals surface area contributed by atoms with Crippen LogP contribution in [0.4, 0.5) is 0 Å². The fraction of sp³-hybridized carbons (Fsp3) is 1.00. The zero-order chi connectivity index (χ0) is 31.3. The number of hydrogen-bond acceptors (Lipinski definition) is 4. The van der Waals surface area contributed by atoms with Crippen molar-refractivity contribution >= 4 is 7.82 Å². The molecule has 0 unspecified atom stereocenters. The van der Waals surface area contributed by atoms with Gasteiger partial charge in [-0.2, -0.15) is 7.82 Å². The van der Waals surface area contributed by atoms with Gasteiger partial charge in [0.2, 0.25) is 0 Å². The van der Waals surface area contributed by atoms with Gasteiger partial charge in [0, 0.05) is 0 Å². The van der Waals surface area contributed by atoms with Gasteiger partial charge in [0.15, 0.2) is 0 Å². The van der Waals surface area contributed by atoms with E-state index in [1.165, 1.54) is 193 Å². The van der Waals surface area contributed by atoms with Crippen LogP contribution in [0.2, 0.25) is 0 Å². The van der Waals surface area contributed by atoms with Crippen LogP contribution in [0.3, 0.4) is 0 Å². The predicted molar refractivity (Wildman–Crippen MR) is 175 cm³/mol. The maximum absolute atomic E-state index is 8.55. The van der Waals surface area contributed by atoms with Crippen LogP contribution in [0.15, 0.2) is 0 Å². The van der Waals surface area contributed by atoms with Crippen molar-refractivity contribution in [2.24, 2.45) is 0 Å². The molecule has 0 aliphatic heterocycles. The molecule has 6 rings (SSSR count). The first kappa shape index (κ1) is 38.4. The number of phosphoric acid groups is 1. The van der Waals surface area contributed by atoms with Gasteiger partial charge < -0.3 is 35.2 Å².